The molecule has 2 aromatic carbocycles. The van der Waals surface area contributed by atoms with Gasteiger partial charge in [-0.25, -0.2) is 0 Å². The van der Waals surface area contributed by atoms with E-state index in [1.807, 2.05) is 54.7 Å². The maximum Gasteiger partial charge on any atom is 0.130 e. The number of pyridine rings is 1. The third-order valence-electron chi connectivity index (χ3n) is 5.32. The maximum absolute atomic E-state index is 5.79. The van der Waals surface area contributed by atoms with E-state index < -0.39 is 0 Å². The van der Waals surface area contributed by atoms with Crippen molar-refractivity contribution < 1.29 is 4.74 Å². The Hall–Kier alpha value is -4.18. The predicted octanol–water partition coefficient (Wildman–Crippen LogP) is 6.25. The molecular weight excluding hydrogens is 394 g/mol. The fraction of sp³-hybridized carbons (Fsp3) is 0.0714. The summed E-state index contributed by atoms with van der Waals surface area (Å²) in [5, 5.41) is 1.23. The van der Waals surface area contributed by atoms with Gasteiger partial charge in [0, 0.05) is 23.3 Å². The topological polar surface area (TPSA) is 50.3 Å². The number of H-pyrrole nitrogens is 1. The van der Waals surface area contributed by atoms with Crippen LogP contribution >= 0.6 is 0 Å². The molecule has 0 bridgehead atoms. The molecule has 0 amide bonds. The third kappa shape index (κ3) is 4.76. The van der Waals surface area contributed by atoms with E-state index in [0.717, 1.165) is 28.2 Å². The summed E-state index contributed by atoms with van der Waals surface area (Å²) in [4.78, 5) is 12.2. The van der Waals surface area contributed by atoms with E-state index >= 15 is 0 Å². The first-order chi connectivity index (χ1) is 15.8. The van der Waals surface area contributed by atoms with Crippen molar-refractivity contribution in [3.05, 3.63) is 120 Å². The van der Waals surface area contributed by atoms with E-state index in [1.54, 1.807) is 6.20 Å². The number of hydrogen-bond acceptors (Lipinski definition) is 3. The van der Waals surface area contributed by atoms with E-state index in [1.165, 1.54) is 16.5 Å². The highest BCUT2D eigenvalue weighted by atomic mass is 16.5. The van der Waals surface area contributed by atoms with Crippen LogP contribution in [0.15, 0.2) is 108 Å². The summed E-state index contributed by atoms with van der Waals surface area (Å²) in [6, 6.07) is 22.2. The number of allylic oxidation sites excluding steroid dienone is 2. The Balaban J connectivity index is 1.18. The summed E-state index contributed by atoms with van der Waals surface area (Å²) < 4.78 is 5.79. The second kappa shape index (κ2) is 9.31. The van der Waals surface area contributed by atoms with Crippen molar-refractivity contribution in [1.82, 2.24) is 9.97 Å². The van der Waals surface area contributed by atoms with Gasteiger partial charge in [-0.3, -0.25) is 9.98 Å². The largest absolute Gasteiger partial charge is 0.487 e. The molecule has 0 spiro atoms. The first-order valence-corrected chi connectivity index (χ1v) is 10.6. The van der Waals surface area contributed by atoms with Gasteiger partial charge >= 0.3 is 0 Å². The van der Waals surface area contributed by atoms with Crippen molar-refractivity contribution in [3.8, 4) is 5.75 Å². The highest BCUT2D eigenvalue weighted by Crippen LogP contribution is 2.20. The number of aromatic amines is 1. The minimum atomic E-state index is 0.465. The minimum absolute atomic E-state index is 0.465. The number of nitrogens with one attached hydrogen (secondary N) is 1. The summed E-state index contributed by atoms with van der Waals surface area (Å²) >= 11 is 0. The number of nitrogens with zero attached hydrogens (tertiary/aromatic N) is 2. The van der Waals surface area contributed by atoms with Gasteiger partial charge in [0.1, 0.15) is 12.4 Å². The van der Waals surface area contributed by atoms with Crippen LogP contribution in [0.25, 0.3) is 23.1 Å². The molecule has 1 aliphatic heterocycles. The third-order valence-corrected chi connectivity index (χ3v) is 5.32. The van der Waals surface area contributed by atoms with Gasteiger partial charge in [0.15, 0.2) is 0 Å². The van der Waals surface area contributed by atoms with E-state index in [2.05, 4.69) is 63.5 Å². The SMILES string of the molecule is C1=C(/C=C/c2c[nH]c3ccccc23)CN=C1/C=C/c1ccc(OCc2ccccn2)cc1. The lowest BCUT2D eigenvalue weighted by molar-refractivity contribution is 0.301. The number of benzene rings is 2. The molecular formula is C28H23N3O. The van der Waals surface area contributed by atoms with Crippen LogP contribution < -0.4 is 4.74 Å². The number of hydrogen-bond donors (Lipinski definition) is 1. The van der Waals surface area contributed by atoms with Gasteiger partial charge in [-0.15, -0.1) is 0 Å². The number of ether oxygens (including phenoxy) is 1. The molecule has 5 rings (SSSR count). The minimum Gasteiger partial charge on any atom is -0.487 e. The summed E-state index contributed by atoms with van der Waals surface area (Å²) in [6.45, 7) is 1.17. The summed E-state index contributed by atoms with van der Waals surface area (Å²) in [5.41, 5.74) is 6.55. The van der Waals surface area contributed by atoms with Crippen LogP contribution in [0, 0.1) is 0 Å². The van der Waals surface area contributed by atoms with Crippen molar-refractivity contribution >= 4 is 28.8 Å². The molecule has 4 aromatic rings. The van der Waals surface area contributed by atoms with E-state index in [0.29, 0.717) is 13.2 Å². The fourth-order valence-electron chi connectivity index (χ4n) is 3.59. The Morgan fingerprint density at radius 3 is 2.62 bits per heavy atom. The molecule has 0 radical (unpaired) electrons. The van der Waals surface area contributed by atoms with Gasteiger partial charge in [-0.2, -0.15) is 0 Å². The number of rotatable bonds is 7. The van der Waals surface area contributed by atoms with Crippen LogP contribution in [-0.4, -0.2) is 22.2 Å². The van der Waals surface area contributed by atoms with E-state index in [9.17, 15) is 0 Å². The average Bonchev–Trinajstić information content (AvgIpc) is 3.48. The number of aliphatic imine (C=N–C) groups is 1. The molecule has 32 heavy (non-hydrogen) atoms. The Morgan fingerprint density at radius 2 is 1.75 bits per heavy atom. The standard InChI is InChI=1S/C28H23N3O/c1-2-7-28-27(6-1)23(19-31-28)12-8-22-17-24(30-18-22)13-9-21-10-14-26(15-11-21)32-20-25-5-3-4-16-29-25/h1-17,19,31H,18,20H2/b12-8+,13-9+. The summed E-state index contributed by atoms with van der Waals surface area (Å²) in [7, 11) is 0. The smallest absolute Gasteiger partial charge is 0.130 e. The first-order valence-electron chi connectivity index (χ1n) is 10.6. The van der Waals surface area contributed by atoms with Gasteiger partial charge in [0.2, 0.25) is 0 Å². The van der Waals surface area contributed by atoms with Crippen LogP contribution in [0.1, 0.15) is 16.8 Å². The molecule has 0 unspecified atom stereocenters. The van der Waals surface area contributed by atoms with Crippen LogP contribution in [0.5, 0.6) is 5.75 Å². The maximum atomic E-state index is 5.79. The number of para-hydroxylation sites is 1. The highest BCUT2D eigenvalue weighted by Gasteiger charge is 2.04. The molecule has 3 heterocycles. The van der Waals surface area contributed by atoms with Crippen molar-refractivity contribution in [2.45, 2.75) is 6.61 Å². The molecule has 4 nitrogen and oxygen atoms in total. The molecule has 0 atom stereocenters. The molecule has 4 heteroatoms. The molecule has 2 aromatic heterocycles. The number of aromatic nitrogens is 2. The van der Waals surface area contributed by atoms with Gasteiger partial charge in [-0.05, 0) is 59.2 Å². The van der Waals surface area contributed by atoms with Crippen LogP contribution in [0.3, 0.4) is 0 Å². The quantitative estimate of drug-likeness (QED) is 0.386. The van der Waals surface area contributed by atoms with Crippen molar-refractivity contribution in [2.24, 2.45) is 4.99 Å². The second-order valence-corrected chi connectivity index (χ2v) is 7.60. The molecule has 0 saturated heterocycles. The zero-order valence-corrected chi connectivity index (χ0v) is 17.6. The van der Waals surface area contributed by atoms with Crippen molar-refractivity contribution in [2.75, 3.05) is 6.54 Å². The lowest BCUT2D eigenvalue weighted by Crippen LogP contribution is -1.97. The summed E-state index contributed by atoms with van der Waals surface area (Å²) in [6.07, 6.45) is 14.4. The summed E-state index contributed by atoms with van der Waals surface area (Å²) in [5.74, 6) is 0.829. The van der Waals surface area contributed by atoms with Crippen LogP contribution in [0.2, 0.25) is 0 Å². The molecule has 0 saturated carbocycles. The Labute approximate surface area is 187 Å². The Morgan fingerprint density at radius 1 is 0.875 bits per heavy atom. The van der Waals surface area contributed by atoms with Gasteiger partial charge in [-0.1, -0.05) is 54.6 Å². The van der Waals surface area contributed by atoms with Crippen molar-refractivity contribution in [1.29, 1.82) is 0 Å². The monoisotopic (exact) mass is 417 g/mol. The van der Waals surface area contributed by atoms with Crippen LogP contribution in [0.4, 0.5) is 0 Å². The highest BCUT2D eigenvalue weighted by molar-refractivity contribution is 6.08. The zero-order chi connectivity index (χ0) is 21.6. The van der Waals surface area contributed by atoms with Gasteiger partial charge in [0.05, 0.1) is 18.0 Å². The van der Waals surface area contributed by atoms with E-state index in [-0.39, 0.29) is 0 Å². The number of fused-ring (bicyclic) bond motifs is 1. The molecule has 1 aliphatic rings. The van der Waals surface area contributed by atoms with Crippen molar-refractivity contribution in [3.63, 3.8) is 0 Å². The molecule has 156 valence electrons. The first kappa shape index (κ1) is 19.8. The lowest BCUT2D eigenvalue weighted by atomic mass is 10.1. The van der Waals surface area contributed by atoms with Crippen LogP contribution in [-0.2, 0) is 6.61 Å². The average molecular weight is 418 g/mol. The second-order valence-electron chi connectivity index (χ2n) is 7.60. The van der Waals surface area contributed by atoms with Gasteiger partial charge < -0.3 is 9.72 Å². The van der Waals surface area contributed by atoms with E-state index in [4.69, 9.17) is 4.74 Å². The Kier molecular flexibility index (Phi) is 5.75. The molecule has 0 fully saturated rings. The van der Waals surface area contributed by atoms with Gasteiger partial charge in [0.25, 0.3) is 0 Å². The fourth-order valence-corrected chi connectivity index (χ4v) is 3.59. The predicted molar refractivity (Wildman–Crippen MR) is 132 cm³/mol. The molecule has 0 aliphatic carbocycles. The Bertz CT molecular complexity index is 1330. The zero-order valence-electron chi connectivity index (χ0n) is 17.6. The lowest BCUT2D eigenvalue weighted by Gasteiger charge is -2.05. The normalized spacial score (nSPS) is 13.8. The molecule has 1 N–H and O–H groups in total.